The molecule has 0 unspecified atom stereocenters. The molecule has 0 saturated heterocycles. The lowest BCUT2D eigenvalue weighted by molar-refractivity contribution is 0.589. The minimum atomic E-state index is -4.03. The van der Waals surface area contributed by atoms with E-state index in [1.54, 1.807) is 54.6 Å². The Morgan fingerprint density at radius 2 is 1.18 bits per heavy atom. The fraction of sp³-hybridized carbons (Fsp3) is 0.0714. The van der Waals surface area contributed by atoms with Crippen LogP contribution in [0.15, 0.2) is 95.9 Å². The lowest BCUT2D eigenvalue weighted by Crippen LogP contribution is -2.14. The van der Waals surface area contributed by atoms with E-state index in [0.29, 0.717) is 33.3 Å². The van der Waals surface area contributed by atoms with Crippen LogP contribution in [0.2, 0.25) is 0 Å². The van der Waals surface area contributed by atoms with E-state index in [1.165, 1.54) is 28.2 Å². The summed E-state index contributed by atoms with van der Waals surface area (Å²) in [6.45, 7) is 3.82. The zero-order valence-electron chi connectivity index (χ0n) is 18.6. The van der Waals surface area contributed by atoms with E-state index in [4.69, 9.17) is 0 Å². The van der Waals surface area contributed by atoms with Gasteiger partial charge in [0.25, 0.3) is 10.0 Å². The van der Waals surface area contributed by atoms with Gasteiger partial charge in [-0.15, -0.1) is 0 Å². The zero-order valence-corrected chi connectivity index (χ0v) is 19.4. The monoisotopic (exact) mass is 473 g/mol. The first-order valence-corrected chi connectivity index (χ1v) is 12.2. The topological polar surface area (TPSA) is 39.1 Å². The molecule has 1 heterocycles. The summed E-state index contributed by atoms with van der Waals surface area (Å²) in [6.07, 6.45) is 0. The van der Waals surface area contributed by atoms with Gasteiger partial charge in [0.15, 0.2) is 0 Å². The van der Waals surface area contributed by atoms with Crippen LogP contribution in [-0.2, 0) is 10.0 Å². The van der Waals surface area contributed by atoms with Gasteiger partial charge >= 0.3 is 0 Å². The smallest absolute Gasteiger partial charge is 0.233 e. The summed E-state index contributed by atoms with van der Waals surface area (Å²) < 4.78 is 56.9. The molecule has 0 bridgehead atoms. The van der Waals surface area contributed by atoms with Gasteiger partial charge in [-0.2, -0.15) is 0 Å². The van der Waals surface area contributed by atoms with Crippen molar-refractivity contribution in [3.05, 3.63) is 114 Å². The number of aromatic nitrogens is 1. The molecule has 0 spiro atoms. The molecule has 170 valence electrons. The van der Waals surface area contributed by atoms with Crippen LogP contribution in [0.5, 0.6) is 0 Å². The molecule has 1 aromatic heterocycles. The van der Waals surface area contributed by atoms with Crippen molar-refractivity contribution in [1.29, 1.82) is 0 Å². The van der Waals surface area contributed by atoms with Gasteiger partial charge in [0.2, 0.25) is 0 Å². The number of rotatable bonds is 4. The lowest BCUT2D eigenvalue weighted by Gasteiger charge is -2.14. The Hall–Kier alpha value is -3.77. The van der Waals surface area contributed by atoms with Crippen molar-refractivity contribution in [2.45, 2.75) is 18.7 Å². The van der Waals surface area contributed by atoms with E-state index in [0.717, 1.165) is 11.1 Å². The second-order valence-corrected chi connectivity index (χ2v) is 10.1. The van der Waals surface area contributed by atoms with Gasteiger partial charge in [-0.25, -0.2) is 21.2 Å². The average molecular weight is 474 g/mol. The molecule has 34 heavy (non-hydrogen) atoms. The lowest BCUT2D eigenvalue weighted by atomic mass is 9.97. The van der Waals surface area contributed by atoms with E-state index < -0.39 is 15.8 Å². The number of halogens is 2. The summed E-state index contributed by atoms with van der Waals surface area (Å²) in [4.78, 5) is 0.143. The maximum absolute atomic E-state index is 14.0. The van der Waals surface area contributed by atoms with Crippen molar-refractivity contribution < 1.29 is 17.2 Å². The van der Waals surface area contributed by atoms with Gasteiger partial charge < -0.3 is 0 Å². The highest BCUT2D eigenvalue weighted by atomic mass is 32.2. The molecule has 5 rings (SSSR count). The third kappa shape index (κ3) is 3.70. The average Bonchev–Trinajstić information content (AvgIpc) is 3.15. The van der Waals surface area contributed by atoms with Crippen LogP contribution in [0.25, 0.3) is 33.3 Å². The highest BCUT2D eigenvalue weighted by Gasteiger charge is 2.28. The molecule has 0 aliphatic rings. The van der Waals surface area contributed by atoms with Crippen molar-refractivity contribution in [1.82, 2.24) is 3.97 Å². The normalized spacial score (nSPS) is 11.8. The number of aryl methyl sites for hydroxylation is 2. The molecule has 6 heteroatoms. The molecule has 0 saturated carbocycles. The van der Waals surface area contributed by atoms with Crippen molar-refractivity contribution in [2.75, 3.05) is 0 Å². The molecular formula is C28H21F2NO2S. The van der Waals surface area contributed by atoms with Crippen LogP contribution in [0.3, 0.4) is 0 Å². The third-order valence-corrected chi connectivity index (χ3v) is 7.62. The van der Waals surface area contributed by atoms with Crippen LogP contribution in [0, 0.1) is 25.5 Å². The van der Waals surface area contributed by atoms with E-state index in [-0.39, 0.29) is 10.7 Å². The highest BCUT2D eigenvalue weighted by Crippen LogP contribution is 2.43. The Morgan fingerprint density at radius 1 is 0.647 bits per heavy atom. The van der Waals surface area contributed by atoms with E-state index in [2.05, 4.69) is 0 Å². The first-order valence-electron chi connectivity index (χ1n) is 10.7. The molecule has 0 aliphatic heterocycles. The molecule has 5 aromatic rings. The predicted octanol–water partition coefficient (Wildman–Crippen LogP) is 7.11. The SMILES string of the molecule is Cc1ccc(S(=O)(=O)n2c(-c3ccc(F)cc3)c(-c3ccc(F)cc3)c3cc(C)ccc32)cc1. The maximum Gasteiger partial charge on any atom is 0.268 e. The van der Waals surface area contributed by atoms with Gasteiger partial charge in [-0.1, -0.05) is 41.5 Å². The number of hydrogen-bond acceptors (Lipinski definition) is 2. The Labute approximate surface area is 197 Å². The fourth-order valence-corrected chi connectivity index (χ4v) is 5.77. The van der Waals surface area contributed by atoms with Crippen LogP contribution < -0.4 is 0 Å². The van der Waals surface area contributed by atoms with E-state index >= 15 is 0 Å². The maximum atomic E-state index is 14.0. The second kappa shape index (κ2) is 8.22. The summed E-state index contributed by atoms with van der Waals surface area (Å²) in [6, 6.07) is 23.9. The van der Waals surface area contributed by atoms with Gasteiger partial charge in [-0.05, 0) is 80.1 Å². The summed E-state index contributed by atoms with van der Waals surface area (Å²) in [7, 11) is -4.03. The molecule has 0 amide bonds. The molecular weight excluding hydrogens is 452 g/mol. The van der Waals surface area contributed by atoms with Crippen molar-refractivity contribution in [3.63, 3.8) is 0 Å². The van der Waals surface area contributed by atoms with Gasteiger partial charge in [0.1, 0.15) is 11.6 Å². The Bertz CT molecular complexity index is 1620. The van der Waals surface area contributed by atoms with Crippen molar-refractivity contribution >= 4 is 20.9 Å². The summed E-state index contributed by atoms with van der Waals surface area (Å²) in [5, 5.41) is 0.710. The minimum Gasteiger partial charge on any atom is -0.233 e. The number of hydrogen-bond donors (Lipinski definition) is 0. The second-order valence-electron chi connectivity index (χ2n) is 8.34. The van der Waals surface area contributed by atoms with Crippen LogP contribution in [-0.4, -0.2) is 12.4 Å². The molecule has 0 N–H and O–H groups in total. The van der Waals surface area contributed by atoms with Crippen LogP contribution >= 0.6 is 0 Å². The highest BCUT2D eigenvalue weighted by molar-refractivity contribution is 7.90. The summed E-state index contributed by atoms with van der Waals surface area (Å²) in [5.74, 6) is -0.814. The molecule has 3 nitrogen and oxygen atoms in total. The summed E-state index contributed by atoms with van der Waals surface area (Å²) in [5.41, 5.74) is 4.61. The van der Waals surface area contributed by atoms with Crippen molar-refractivity contribution in [3.8, 4) is 22.4 Å². The predicted molar refractivity (Wildman–Crippen MR) is 131 cm³/mol. The van der Waals surface area contributed by atoms with Crippen molar-refractivity contribution in [2.24, 2.45) is 0 Å². The van der Waals surface area contributed by atoms with Gasteiger partial charge in [-0.3, -0.25) is 0 Å². The largest absolute Gasteiger partial charge is 0.268 e. The van der Waals surface area contributed by atoms with Gasteiger partial charge in [0.05, 0.1) is 16.1 Å². The zero-order chi connectivity index (χ0) is 24.0. The van der Waals surface area contributed by atoms with Crippen LogP contribution in [0.1, 0.15) is 11.1 Å². The standard InChI is InChI=1S/C28H21F2NO2S/c1-18-3-14-24(15-4-18)34(32,33)31-26-16-5-19(2)17-25(26)27(20-6-10-22(29)11-7-20)28(31)21-8-12-23(30)13-9-21/h3-17H,1-2H3. The van der Waals surface area contributed by atoms with Crippen LogP contribution in [0.4, 0.5) is 8.78 Å². The van der Waals surface area contributed by atoms with Gasteiger partial charge in [0, 0.05) is 16.5 Å². The molecule has 0 radical (unpaired) electrons. The molecule has 0 fully saturated rings. The third-order valence-electron chi connectivity index (χ3n) is 5.89. The van der Waals surface area contributed by atoms with E-state index in [9.17, 15) is 17.2 Å². The minimum absolute atomic E-state index is 0.143. The van der Waals surface area contributed by atoms with E-state index in [1.807, 2.05) is 26.0 Å². The number of fused-ring (bicyclic) bond motifs is 1. The number of benzene rings is 4. The first kappa shape index (κ1) is 22.0. The molecule has 0 aliphatic carbocycles. The first-order chi connectivity index (χ1) is 16.3. The Kier molecular flexibility index (Phi) is 5.33. The number of nitrogens with zero attached hydrogens (tertiary/aromatic N) is 1. The quantitative estimate of drug-likeness (QED) is 0.279. The Morgan fingerprint density at radius 3 is 1.76 bits per heavy atom. The fourth-order valence-electron chi connectivity index (χ4n) is 4.22. The molecule has 4 aromatic carbocycles. The molecule has 0 atom stereocenters. The Balaban J connectivity index is 1.95. The summed E-state index contributed by atoms with van der Waals surface area (Å²) >= 11 is 0.